The predicted molar refractivity (Wildman–Crippen MR) is 62.6 cm³/mol. The predicted octanol–water partition coefficient (Wildman–Crippen LogP) is 2.56. The van der Waals surface area contributed by atoms with Crippen molar-refractivity contribution in [2.75, 3.05) is 6.54 Å². The third kappa shape index (κ3) is 2.30. The fraction of sp³-hybridized carbons (Fsp3) is 0.500. The number of alkyl halides is 3. The highest BCUT2D eigenvalue weighted by atomic mass is 19.4. The Morgan fingerprint density at radius 2 is 2.16 bits per heavy atom. The molecule has 3 rings (SSSR count). The van der Waals surface area contributed by atoms with Gasteiger partial charge in [0, 0.05) is 18.4 Å². The zero-order valence-corrected chi connectivity index (χ0v) is 10.1. The summed E-state index contributed by atoms with van der Waals surface area (Å²) in [5.41, 5.74) is -0.303. The molecule has 2 aromatic rings. The molecule has 19 heavy (non-hydrogen) atoms. The van der Waals surface area contributed by atoms with Crippen molar-refractivity contribution in [1.29, 1.82) is 0 Å². The van der Waals surface area contributed by atoms with Crippen molar-refractivity contribution >= 4 is 5.78 Å². The number of aromatic nitrogens is 3. The summed E-state index contributed by atoms with van der Waals surface area (Å²) in [6.07, 6.45) is 1.06. The molecule has 1 saturated heterocycles. The summed E-state index contributed by atoms with van der Waals surface area (Å²) in [4.78, 5) is 8.09. The second-order valence-electron chi connectivity index (χ2n) is 4.66. The molecule has 2 aromatic heterocycles. The summed E-state index contributed by atoms with van der Waals surface area (Å²) >= 11 is 0. The van der Waals surface area contributed by atoms with E-state index in [1.165, 1.54) is 12.4 Å². The van der Waals surface area contributed by atoms with E-state index in [1.54, 1.807) is 0 Å². The van der Waals surface area contributed by atoms with E-state index in [2.05, 4.69) is 15.3 Å². The molecule has 0 bridgehead atoms. The number of hydrogen-bond donors (Lipinski definition) is 1. The van der Waals surface area contributed by atoms with Gasteiger partial charge in [0.15, 0.2) is 0 Å². The monoisotopic (exact) mass is 270 g/mol. The Morgan fingerprint density at radius 3 is 2.84 bits per heavy atom. The van der Waals surface area contributed by atoms with E-state index in [0.29, 0.717) is 5.69 Å². The van der Waals surface area contributed by atoms with Crippen molar-refractivity contribution in [1.82, 2.24) is 19.7 Å². The highest BCUT2D eigenvalue weighted by molar-refractivity contribution is 5.35. The number of halogens is 3. The zero-order valence-electron chi connectivity index (χ0n) is 10.1. The lowest BCUT2D eigenvalue weighted by molar-refractivity contribution is -0.142. The summed E-state index contributed by atoms with van der Waals surface area (Å²) < 4.78 is 40.1. The van der Waals surface area contributed by atoms with Crippen molar-refractivity contribution < 1.29 is 13.2 Å². The minimum absolute atomic E-state index is 0.0946. The maximum atomic E-state index is 13.0. The molecule has 0 aliphatic carbocycles. The average molecular weight is 270 g/mol. The summed E-state index contributed by atoms with van der Waals surface area (Å²) in [5.74, 6) is 0.0946. The highest BCUT2D eigenvalue weighted by Gasteiger charge is 2.35. The van der Waals surface area contributed by atoms with Crippen molar-refractivity contribution in [3.8, 4) is 0 Å². The minimum atomic E-state index is -4.41. The Kier molecular flexibility index (Phi) is 2.93. The number of hydrogen-bond acceptors (Lipinski definition) is 3. The lowest BCUT2D eigenvalue weighted by Gasteiger charge is -2.23. The van der Waals surface area contributed by atoms with Crippen molar-refractivity contribution in [3.05, 3.63) is 29.8 Å². The molecule has 0 amide bonds. The van der Waals surface area contributed by atoms with E-state index in [9.17, 15) is 13.2 Å². The first-order chi connectivity index (χ1) is 9.05. The molecule has 7 heteroatoms. The largest absolute Gasteiger partial charge is 0.431 e. The van der Waals surface area contributed by atoms with Gasteiger partial charge in [0.25, 0.3) is 0 Å². The molecule has 0 spiro atoms. The first kappa shape index (κ1) is 12.4. The molecule has 102 valence electrons. The standard InChI is InChI=1S/C12H13F3N4/c13-12(14,15)10-7-9(8-3-1-2-4-16-8)18-11-17-5-6-19(10)11/h5-8,16H,1-4H2/t8-/m0/s1. The van der Waals surface area contributed by atoms with Crippen LogP contribution in [0.1, 0.15) is 36.7 Å². The van der Waals surface area contributed by atoms with E-state index >= 15 is 0 Å². The number of imidazole rings is 1. The smallest absolute Gasteiger partial charge is 0.309 e. The van der Waals surface area contributed by atoms with Gasteiger partial charge in [0.1, 0.15) is 5.69 Å². The van der Waals surface area contributed by atoms with Crippen molar-refractivity contribution in [2.45, 2.75) is 31.5 Å². The van der Waals surface area contributed by atoms with Crippen molar-refractivity contribution in [3.63, 3.8) is 0 Å². The molecule has 1 aliphatic rings. The Labute approximate surface area is 107 Å². The van der Waals surface area contributed by atoms with Gasteiger partial charge < -0.3 is 5.32 Å². The third-order valence-electron chi connectivity index (χ3n) is 3.35. The van der Waals surface area contributed by atoms with Crippen LogP contribution in [0, 0.1) is 0 Å². The van der Waals surface area contributed by atoms with Crippen LogP contribution in [0.5, 0.6) is 0 Å². The number of piperidine rings is 1. The van der Waals surface area contributed by atoms with Crippen LogP contribution >= 0.6 is 0 Å². The van der Waals surface area contributed by atoms with E-state index in [0.717, 1.165) is 36.3 Å². The van der Waals surface area contributed by atoms with Gasteiger partial charge in [-0.05, 0) is 25.5 Å². The average Bonchev–Trinajstić information content (AvgIpc) is 2.85. The summed E-state index contributed by atoms with van der Waals surface area (Å²) in [7, 11) is 0. The molecule has 1 fully saturated rings. The summed E-state index contributed by atoms with van der Waals surface area (Å²) in [6, 6.07) is 1.01. The second-order valence-corrected chi connectivity index (χ2v) is 4.66. The van der Waals surface area contributed by atoms with Gasteiger partial charge >= 0.3 is 6.18 Å². The lowest BCUT2D eigenvalue weighted by Crippen LogP contribution is -2.28. The maximum Gasteiger partial charge on any atom is 0.431 e. The van der Waals surface area contributed by atoms with E-state index in [4.69, 9.17) is 0 Å². The third-order valence-corrected chi connectivity index (χ3v) is 3.35. The first-order valence-electron chi connectivity index (χ1n) is 6.20. The Bertz CT molecular complexity index is 584. The quantitative estimate of drug-likeness (QED) is 0.866. The van der Waals surface area contributed by atoms with Gasteiger partial charge in [-0.3, -0.25) is 4.40 Å². The van der Waals surface area contributed by atoms with Gasteiger partial charge in [-0.25, -0.2) is 9.97 Å². The minimum Gasteiger partial charge on any atom is -0.309 e. The summed E-state index contributed by atoms with van der Waals surface area (Å²) in [6.45, 7) is 0.813. The molecular formula is C12H13F3N4. The van der Waals surface area contributed by atoms with Crippen LogP contribution in [0.3, 0.4) is 0 Å². The second kappa shape index (κ2) is 4.48. The Balaban J connectivity index is 2.10. The molecule has 3 heterocycles. The van der Waals surface area contributed by atoms with Crippen LogP contribution in [0.4, 0.5) is 13.2 Å². The molecular weight excluding hydrogens is 257 g/mol. The number of rotatable bonds is 1. The number of nitrogens with one attached hydrogen (secondary N) is 1. The normalized spacial score (nSPS) is 20.9. The molecule has 4 nitrogen and oxygen atoms in total. The van der Waals surface area contributed by atoms with Gasteiger partial charge in [-0.15, -0.1) is 0 Å². The molecule has 1 atom stereocenters. The number of fused-ring (bicyclic) bond motifs is 1. The molecule has 1 N–H and O–H groups in total. The highest BCUT2D eigenvalue weighted by Crippen LogP contribution is 2.32. The first-order valence-corrected chi connectivity index (χ1v) is 6.20. The van der Waals surface area contributed by atoms with E-state index in [-0.39, 0.29) is 11.8 Å². The fourth-order valence-electron chi connectivity index (χ4n) is 2.42. The SMILES string of the molecule is FC(F)(F)c1cc([C@@H]2CCCCN2)nc2nccn12. The van der Waals surface area contributed by atoms with Crippen molar-refractivity contribution in [2.24, 2.45) is 0 Å². The number of nitrogens with zero attached hydrogens (tertiary/aromatic N) is 3. The molecule has 0 radical (unpaired) electrons. The van der Waals surface area contributed by atoms with Gasteiger partial charge in [-0.1, -0.05) is 6.42 Å². The van der Waals surface area contributed by atoms with Crippen LogP contribution in [0.15, 0.2) is 18.5 Å². The van der Waals surface area contributed by atoms with Crippen LogP contribution < -0.4 is 5.32 Å². The van der Waals surface area contributed by atoms with E-state index in [1.807, 2.05) is 0 Å². The maximum absolute atomic E-state index is 13.0. The van der Waals surface area contributed by atoms with Gasteiger partial charge in [-0.2, -0.15) is 13.2 Å². The topological polar surface area (TPSA) is 42.2 Å². The van der Waals surface area contributed by atoms with Gasteiger partial charge in [0.2, 0.25) is 5.78 Å². The summed E-state index contributed by atoms with van der Waals surface area (Å²) in [5, 5.41) is 3.20. The molecule has 0 saturated carbocycles. The Morgan fingerprint density at radius 1 is 1.32 bits per heavy atom. The fourth-order valence-corrected chi connectivity index (χ4v) is 2.42. The van der Waals surface area contributed by atoms with Crippen LogP contribution in [-0.4, -0.2) is 20.9 Å². The molecule has 0 unspecified atom stereocenters. The van der Waals surface area contributed by atoms with E-state index < -0.39 is 11.9 Å². The van der Waals surface area contributed by atoms with Crippen LogP contribution in [0.2, 0.25) is 0 Å². The van der Waals surface area contributed by atoms with Crippen LogP contribution in [-0.2, 0) is 6.18 Å². The molecule has 1 aliphatic heterocycles. The van der Waals surface area contributed by atoms with Crippen LogP contribution in [0.25, 0.3) is 5.78 Å². The van der Waals surface area contributed by atoms with Gasteiger partial charge in [0.05, 0.1) is 5.69 Å². The Hall–Kier alpha value is -1.63. The lowest BCUT2D eigenvalue weighted by atomic mass is 10.0. The molecule has 0 aromatic carbocycles. The zero-order chi connectivity index (χ0) is 13.5.